The van der Waals surface area contributed by atoms with Gasteiger partial charge in [-0.25, -0.2) is 9.67 Å². The Bertz CT molecular complexity index is 1320. The van der Waals surface area contributed by atoms with Gasteiger partial charge in [0.15, 0.2) is 5.65 Å². The second-order valence-corrected chi connectivity index (χ2v) is 9.19. The zero-order valence-electron chi connectivity index (χ0n) is 17.9. The summed E-state index contributed by atoms with van der Waals surface area (Å²) in [4.78, 5) is 31.5. The van der Waals surface area contributed by atoms with Gasteiger partial charge in [-0.3, -0.25) is 9.59 Å². The van der Waals surface area contributed by atoms with Crippen molar-refractivity contribution in [1.29, 1.82) is 0 Å². The van der Waals surface area contributed by atoms with Crippen LogP contribution in [0.15, 0.2) is 48.0 Å². The third kappa shape index (κ3) is 4.13. The number of aryl methyl sites for hydroxylation is 2. The van der Waals surface area contributed by atoms with E-state index in [2.05, 4.69) is 26.8 Å². The van der Waals surface area contributed by atoms with E-state index < -0.39 is 0 Å². The lowest BCUT2D eigenvalue weighted by molar-refractivity contribution is 0.0949. The quantitative estimate of drug-likeness (QED) is 0.463. The molecule has 0 atom stereocenters. The molecular weight excluding hydrogens is 422 g/mol. The molecule has 162 valence electrons. The normalized spacial score (nSPS) is 13.3. The van der Waals surface area contributed by atoms with Crippen molar-refractivity contribution in [3.8, 4) is 0 Å². The minimum atomic E-state index is -0.251. The Kier molecular flexibility index (Phi) is 5.22. The zero-order chi connectivity index (χ0) is 22.2. The number of carbonyl (C=O) groups is 2. The van der Waals surface area contributed by atoms with Gasteiger partial charge in [0, 0.05) is 27.9 Å². The van der Waals surface area contributed by atoms with E-state index in [1.54, 1.807) is 35.7 Å². The first kappa shape index (κ1) is 20.4. The van der Waals surface area contributed by atoms with Crippen LogP contribution in [0.5, 0.6) is 0 Å². The van der Waals surface area contributed by atoms with Crippen molar-refractivity contribution in [2.24, 2.45) is 0 Å². The van der Waals surface area contributed by atoms with Crippen LogP contribution < -0.4 is 10.6 Å². The van der Waals surface area contributed by atoms with Gasteiger partial charge in [-0.15, -0.1) is 11.3 Å². The molecule has 0 spiro atoms. The Morgan fingerprint density at radius 1 is 1.16 bits per heavy atom. The molecular formula is C24H23N5O2S. The van der Waals surface area contributed by atoms with Gasteiger partial charge in [-0.05, 0) is 61.9 Å². The van der Waals surface area contributed by atoms with Crippen LogP contribution in [0.2, 0.25) is 0 Å². The number of nitrogens with zero attached hydrogens (tertiary/aromatic N) is 3. The Balaban J connectivity index is 1.43. The minimum absolute atomic E-state index is 0.111. The SMILES string of the molecule is Cc1cc(C(=O)Nc2cc(C(=O)NC3CC3)ccc2C)c2cnn(Cc3cccs3)c2n1. The van der Waals surface area contributed by atoms with Gasteiger partial charge in [-0.2, -0.15) is 5.10 Å². The van der Waals surface area contributed by atoms with Crippen LogP contribution in [0.25, 0.3) is 11.0 Å². The van der Waals surface area contributed by atoms with Crippen molar-refractivity contribution in [3.63, 3.8) is 0 Å². The van der Waals surface area contributed by atoms with Crippen molar-refractivity contribution < 1.29 is 9.59 Å². The lowest BCUT2D eigenvalue weighted by Crippen LogP contribution is -2.25. The number of amides is 2. The molecule has 2 N–H and O–H groups in total. The second kappa shape index (κ2) is 8.20. The average Bonchev–Trinajstić information content (AvgIpc) is 3.27. The van der Waals surface area contributed by atoms with Gasteiger partial charge in [-0.1, -0.05) is 12.1 Å². The predicted molar refractivity (Wildman–Crippen MR) is 125 cm³/mol. The Hall–Kier alpha value is -3.52. The largest absolute Gasteiger partial charge is 0.349 e. The maximum Gasteiger partial charge on any atom is 0.256 e. The van der Waals surface area contributed by atoms with E-state index in [4.69, 9.17) is 0 Å². The monoisotopic (exact) mass is 445 g/mol. The number of pyridine rings is 1. The summed E-state index contributed by atoms with van der Waals surface area (Å²) < 4.78 is 1.82. The van der Waals surface area contributed by atoms with Crippen LogP contribution in [0.1, 0.15) is 49.7 Å². The van der Waals surface area contributed by atoms with E-state index in [0.717, 1.165) is 24.1 Å². The number of hydrogen-bond acceptors (Lipinski definition) is 5. The number of thiophene rings is 1. The molecule has 1 saturated carbocycles. The van der Waals surface area contributed by atoms with E-state index in [1.165, 1.54) is 4.88 Å². The van der Waals surface area contributed by atoms with Crippen molar-refractivity contribution in [2.75, 3.05) is 5.32 Å². The summed E-state index contributed by atoms with van der Waals surface area (Å²) in [6.07, 6.45) is 3.74. The predicted octanol–water partition coefficient (Wildman–Crippen LogP) is 4.30. The summed E-state index contributed by atoms with van der Waals surface area (Å²) in [5.41, 5.74) is 3.97. The molecule has 1 aromatic carbocycles. The number of fused-ring (bicyclic) bond motifs is 1. The number of rotatable bonds is 6. The van der Waals surface area contributed by atoms with Crippen molar-refractivity contribution in [3.05, 3.63) is 75.2 Å². The minimum Gasteiger partial charge on any atom is -0.349 e. The molecule has 32 heavy (non-hydrogen) atoms. The smallest absolute Gasteiger partial charge is 0.256 e. The fourth-order valence-corrected chi connectivity index (χ4v) is 4.30. The van der Waals surface area contributed by atoms with E-state index >= 15 is 0 Å². The fraction of sp³-hybridized carbons (Fsp3) is 0.250. The molecule has 3 heterocycles. The maximum atomic E-state index is 13.3. The van der Waals surface area contributed by atoms with Gasteiger partial charge in [0.1, 0.15) is 0 Å². The molecule has 3 aromatic heterocycles. The molecule has 4 aromatic rings. The molecule has 5 rings (SSSR count). The number of hydrogen-bond donors (Lipinski definition) is 2. The van der Waals surface area contributed by atoms with Crippen LogP contribution in [-0.4, -0.2) is 32.6 Å². The molecule has 0 aliphatic heterocycles. The van der Waals surface area contributed by atoms with E-state index in [0.29, 0.717) is 34.4 Å². The number of aromatic nitrogens is 3. The fourth-order valence-electron chi connectivity index (χ4n) is 3.61. The zero-order valence-corrected chi connectivity index (χ0v) is 18.7. The molecule has 7 nitrogen and oxygen atoms in total. The summed E-state index contributed by atoms with van der Waals surface area (Å²) in [7, 11) is 0. The standard InChI is InChI=1S/C24H23N5O2S/c1-14-5-6-16(23(30)27-17-7-8-17)11-21(14)28-24(31)19-10-15(2)26-22-20(19)12-25-29(22)13-18-4-3-9-32-18/h3-6,9-12,17H,7-8,13H2,1-2H3,(H,27,30)(H,28,31). The van der Waals surface area contributed by atoms with Gasteiger partial charge in [0.2, 0.25) is 0 Å². The van der Waals surface area contributed by atoms with E-state index in [9.17, 15) is 9.59 Å². The van der Waals surface area contributed by atoms with Crippen LogP contribution in [0.3, 0.4) is 0 Å². The van der Waals surface area contributed by atoms with Gasteiger partial charge >= 0.3 is 0 Å². The first-order chi connectivity index (χ1) is 15.5. The summed E-state index contributed by atoms with van der Waals surface area (Å²) in [6, 6.07) is 11.5. The maximum absolute atomic E-state index is 13.3. The van der Waals surface area contributed by atoms with Crippen molar-refractivity contribution in [1.82, 2.24) is 20.1 Å². The Morgan fingerprint density at radius 2 is 2.00 bits per heavy atom. The van der Waals surface area contributed by atoms with Crippen LogP contribution >= 0.6 is 11.3 Å². The van der Waals surface area contributed by atoms with Crippen LogP contribution in [-0.2, 0) is 6.54 Å². The highest BCUT2D eigenvalue weighted by Crippen LogP contribution is 2.24. The lowest BCUT2D eigenvalue weighted by Gasteiger charge is -2.12. The lowest BCUT2D eigenvalue weighted by atomic mass is 10.1. The molecule has 1 aliphatic rings. The summed E-state index contributed by atoms with van der Waals surface area (Å²) >= 11 is 1.66. The molecule has 1 aliphatic carbocycles. The Morgan fingerprint density at radius 3 is 2.75 bits per heavy atom. The summed E-state index contributed by atoms with van der Waals surface area (Å²) in [5, 5.41) is 13.2. The number of anilines is 1. The second-order valence-electron chi connectivity index (χ2n) is 8.16. The third-order valence-electron chi connectivity index (χ3n) is 5.53. The van der Waals surface area contributed by atoms with E-state index in [-0.39, 0.29) is 17.9 Å². The average molecular weight is 446 g/mol. The third-order valence-corrected chi connectivity index (χ3v) is 6.39. The van der Waals surface area contributed by atoms with Gasteiger partial charge < -0.3 is 10.6 Å². The molecule has 0 saturated heterocycles. The molecule has 1 fully saturated rings. The van der Waals surface area contributed by atoms with Crippen molar-refractivity contribution in [2.45, 2.75) is 39.3 Å². The topological polar surface area (TPSA) is 88.9 Å². The van der Waals surface area contributed by atoms with Gasteiger partial charge in [0.05, 0.1) is 23.7 Å². The highest BCUT2D eigenvalue weighted by molar-refractivity contribution is 7.09. The summed E-state index contributed by atoms with van der Waals surface area (Å²) in [5.74, 6) is -0.362. The molecule has 2 amide bonds. The highest BCUT2D eigenvalue weighted by Gasteiger charge is 2.24. The van der Waals surface area contributed by atoms with Crippen LogP contribution in [0.4, 0.5) is 5.69 Å². The number of nitrogens with one attached hydrogen (secondary N) is 2. The number of carbonyl (C=O) groups excluding carboxylic acids is 2. The number of benzene rings is 1. The molecule has 8 heteroatoms. The van der Waals surface area contributed by atoms with Crippen molar-refractivity contribution >= 4 is 39.9 Å². The summed E-state index contributed by atoms with van der Waals surface area (Å²) in [6.45, 7) is 4.38. The van der Waals surface area contributed by atoms with Gasteiger partial charge in [0.25, 0.3) is 11.8 Å². The molecule has 0 radical (unpaired) electrons. The Labute approximate surface area is 189 Å². The molecule has 0 unspecified atom stereocenters. The highest BCUT2D eigenvalue weighted by atomic mass is 32.1. The first-order valence-corrected chi connectivity index (χ1v) is 11.4. The first-order valence-electron chi connectivity index (χ1n) is 10.6. The molecule has 0 bridgehead atoms. The van der Waals surface area contributed by atoms with Crippen LogP contribution in [0, 0.1) is 13.8 Å². The van der Waals surface area contributed by atoms with E-state index in [1.807, 2.05) is 36.0 Å².